The standard InChI is InChI=1S/C38H37N2O6/c1-39-15-13-26-20-35(42-3)37(44-5)22-29(26)31(39)17-24-7-10-28(11-8-24)46-34-19-25(9-12-33(34)41)18-32-30-23-38(45-6)36(43-4)21-27(30)14-16-40(32)2/h7-16,19-23H,17-18H2,1-6H3/q+1/p+1. The third-order valence-electron chi connectivity index (χ3n) is 8.46. The molecule has 0 aliphatic heterocycles. The van der Waals surface area contributed by atoms with Crippen LogP contribution in [0.4, 0.5) is 0 Å². The highest BCUT2D eigenvalue weighted by Gasteiger charge is 2.19. The van der Waals surface area contributed by atoms with Gasteiger partial charge in [-0.3, -0.25) is 0 Å². The van der Waals surface area contributed by atoms with Crippen molar-refractivity contribution in [2.75, 3.05) is 28.4 Å². The van der Waals surface area contributed by atoms with Crippen molar-refractivity contribution >= 4 is 21.5 Å². The summed E-state index contributed by atoms with van der Waals surface area (Å²) in [4.78, 5) is 0. The number of phenols is 1. The maximum Gasteiger partial charge on any atom is 0.193 e. The average molecular weight is 619 g/mol. The maximum atomic E-state index is 10.7. The molecule has 8 heteroatoms. The van der Waals surface area contributed by atoms with Crippen LogP contribution in [-0.2, 0) is 26.9 Å². The molecule has 2 heterocycles. The molecule has 234 valence electrons. The van der Waals surface area contributed by atoms with E-state index in [1.54, 1.807) is 34.5 Å². The van der Waals surface area contributed by atoms with Crippen LogP contribution in [0.1, 0.15) is 22.5 Å². The highest BCUT2D eigenvalue weighted by molar-refractivity contribution is 5.88. The summed E-state index contributed by atoms with van der Waals surface area (Å²) in [5, 5.41) is 15.0. The van der Waals surface area contributed by atoms with Gasteiger partial charge in [0, 0.05) is 12.1 Å². The molecular weight excluding hydrogens is 580 g/mol. The lowest BCUT2D eigenvalue weighted by molar-refractivity contribution is -0.677. The molecule has 0 spiro atoms. The van der Waals surface area contributed by atoms with E-state index in [0.29, 0.717) is 47.3 Å². The Balaban J connectivity index is 1.24. The van der Waals surface area contributed by atoms with Crippen molar-refractivity contribution in [1.82, 2.24) is 0 Å². The van der Waals surface area contributed by atoms with Crippen LogP contribution in [0, 0.1) is 0 Å². The van der Waals surface area contributed by atoms with Crippen LogP contribution in [0.3, 0.4) is 0 Å². The first-order valence-corrected chi connectivity index (χ1v) is 15.0. The van der Waals surface area contributed by atoms with Gasteiger partial charge in [-0.15, -0.1) is 0 Å². The number of methoxy groups -OCH3 is 4. The molecule has 0 fully saturated rings. The zero-order chi connectivity index (χ0) is 32.4. The normalized spacial score (nSPS) is 11.1. The number of hydrogen-bond donors (Lipinski definition) is 1. The summed E-state index contributed by atoms with van der Waals surface area (Å²) in [5.41, 5.74) is 4.36. The molecule has 0 radical (unpaired) electrons. The van der Waals surface area contributed by atoms with Crippen molar-refractivity contribution in [3.8, 4) is 40.2 Å². The number of benzene rings is 4. The predicted octanol–water partition coefficient (Wildman–Crippen LogP) is 6.36. The van der Waals surface area contributed by atoms with Crippen LogP contribution in [0.2, 0.25) is 0 Å². The van der Waals surface area contributed by atoms with Gasteiger partial charge in [0.2, 0.25) is 0 Å². The van der Waals surface area contributed by atoms with E-state index in [-0.39, 0.29) is 5.75 Å². The van der Waals surface area contributed by atoms with E-state index >= 15 is 0 Å². The SMILES string of the molecule is COc1cc2cc[n+](C)c(Cc3ccc(Oc4cc(Cc5c6cc(OC)c(OC)cc6cc[n+]5C)ccc4O)cc3)c2cc1OC. The molecule has 0 bridgehead atoms. The summed E-state index contributed by atoms with van der Waals surface area (Å²) < 4.78 is 32.6. The van der Waals surface area contributed by atoms with Gasteiger partial charge in [0.1, 0.15) is 19.8 Å². The molecule has 4 aromatic carbocycles. The van der Waals surface area contributed by atoms with Crippen LogP contribution in [0.25, 0.3) is 21.5 Å². The van der Waals surface area contributed by atoms with Gasteiger partial charge in [0.05, 0.1) is 52.1 Å². The number of aryl methyl sites for hydroxylation is 2. The number of hydrogen-bond acceptors (Lipinski definition) is 6. The molecule has 1 N–H and O–H groups in total. The van der Waals surface area contributed by atoms with Crippen molar-refractivity contribution in [3.63, 3.8) is 0 Å². The Kier molecular flexibility index (Phi) is 8.53. The molecule has 6 rings (SSSR count). The molecule has 0 aliphatic rings. The van der Waals surface area contributed by atoms with Gasteiger partial charge >= 0.3 is 0 Å². The lowest BCUT2D eigenvalue weighted by atomic mass is 10.0. The molecular formula is C38H38N2O6+2. The first-order chi connectivity index (χ1) is 22.3. The second-order valence-corrected chi connectivity index (χ2v) is 11.2. The van der Waals surface area contributed by atoms with Gasteiger partial charge in [-0.05, 0) is 70.4 Å². The van der Waals surface area contributed by atoms with Gasteiger partial charge in [0.15, 0.2) is 58.3 Å². The Morgan fingerprint density at radius 3 is 1.48 bits per heavy atom. The molecule has 0 unspecified atom stereocenters. The van der Waals surface area contributed by atoms with Crippen LogP contribution >= 0.6 is 0 Å². The molecule has 46 heavy (non-hydrogen) atoms. The summed E-state index contributed by atoms with van der Waals surface area (Å²) in [5.74, 6) is 3.88. The minimum atomic E-state index is 0.0775. The lowest BCUT2D eigenvalue weighted by Crippen LogP contribution is -2.33. The van der Waals surface area contributed by atoms with Crippen LogP contribution in [-0.4, -0.2) is 33.5 Å². The fourth-order valence-corrected chi connectivity index (χ4v) is 5.89. The minimum absolute atomic E-state index is 0.0775. The van der Waals surface area contributed by atoms with Gasteiger partial charge in [-0.25, -0.2) is 9.13 Å². The van der Waals surface area contributed by atoms with E-state index in [1.165, 1.54) is 0 Å². The fourth-order valence-electron chi connectivity index (χ4n) is 5.89. The second kappa shape index (κ2) is 12.9. The Labute approximate surface area is 268 Å². The second-order valence-electron chi connectivity index (χ2n) is 11.2. The van der Waals surface area contributed by atoms with Crippen LogP contribution in [0.15, 0.2) is 91.3 Å². The largest absolute Gasteiger partial charge is 0.504 e. The summed E-state index contributed by atoms with van der Waals surface area (Å²) in [6, 6.07) is 25.6. The van der Waals surface area contributed by atoms with Crippen LogP contribution < -0.4 is 32.8 Å². The zero-order valence-corrected chi connectivity index (χ0v) is 27.0. The van der Waals surface area contributed by atoms with Gasteiger partial charge in [-0.1, -0.05) is 18.2 Å². The predicted molar refractivity (Wildman–Crippen MR) is 177 cm³/mol. The Bertz CT molecular complexity index is 2060. The average Bonchev–Trinajstić information content (AvgIpc) is 3.08. The third kappa shape index (κ3) is 5.94. The first-order valence-electron chi connectivity index (χ1n) is 15.0. The quantitative estimate of drug-likeness (QED) is 0.180. The van der Waals surface area contributed by atoms with E-state index in [1.807, 2.05) is 81.0 Å². The fraction of sp³-hybridized carbons (Fsp3) is 0.211. The van der Waals surface area contributed by atoms with Crippen molar-refractivity contribution in [3.05, 3.63) is 114 Å². The number of rotatable bonds is 10. The monoisotopic (exact) mass is 618 g/mol. The van der Waals surface area contributed by atoms with E-state index in [0.717, 1.165) is 44.1 Å². The zero-order valence-electron chi connectivity index (χ0n) is 27.0. The lowest BCUT2D eigenvalue weighted by Gasteiger charge is -2.13. The van der Waals surface area contributed by atoms with Crippen molar-refractivity contribution in [2.45, 2.75) is 12.8 Å². The summed E-state index contributed by atoms with van der Waals surface area (Å²) in [7, 11) is 10.6. The van der Waals surface area contributed by atoms with Gasteiger partial charge in [0.25, 0.3) is 0 Å². The summed E-state index contributed by atoms with van der Waals surface area (Å²) in [6.45, 7) is 0. The van der Waals surface area contributed by atoms with Gasteiger partial charge < -0.3 is 28.8 Å². The van der Waals surface area contributed by atoms with E-state index in [2.05, 4.69) is 27.5 Å². The number of pyridine rings is 2. The minimum Gasteiger partial charge on any atom is -0.504 e. The molecule has 6 aromatic rings. The van der Waals surface area contributed by atoms with Crippen molar-refractivity contribution < 1.29 is 37.9 Å². The molecule has 2 aromatic heterocycles. The van der Waals surface area contributed by atoms with Crippen molar-refractivity contribution in [2.24, 2.45) is 14.1 Å². The molecule has 0 amide bonds. The van der Waals surface area contributed by atoms with E-state index < -0.39 is 0 Å². The third-order valence-corrected chi connectivity index (χ3v) is 8.46. The maximum absolute atomic E-state index is 10.7. The summed E-state index contributed by atoms with van der Waals surface area (Å²) in [6.07, 6.45) is 5.43. The van der Waals surface area contributed by atoms with E-state index in [9.17, 15) is 5.11 Å². The summed E-state index contributed by atoms with van der Waals surface area (Å²) >= 11 is 0. The van der Waals surface area contributed by atoms with E-state index in [4.69, 9.17) is 23.7 Å². The number of fused-ring (bicyclic) bond motifs is 2. The molecule has 0 saturated carbocycles. The number of aromatic hydroxyl groups is 1. The molecule has 0 atom stereocenters. The number of ether oxygens (including phenoxy) is 5. The van der Waals surface area contributed by atoms with Crippen LogP contribution in [0.5, 0.6) is 40.2 Å². The van der Waals surface area contributed by atoms with Gasteiger partial charge in [-0.2, -0.15) is 0 Å². The molecule has 8 nitrogen and oxygen atoms in total. The molecule has 0 saturated heterocycles. The number of nitrogens with zero attached hydrogens (tertiary/aromatic N) is 2. The highest BCUT2D eigenvalue weighted by atomic mass is 16.5. The number of aromatic nitrogens is 2. The Hall–Kier alpha value is -5.50. The number of phenolic OH excluding ortho intramolecular Hbond substituents is 1. The highest BCUT2D eigenvalue weighted by Crippen LogP contribution is 2.36. The first kappa shape index (κ1) is 30.5. The smallest absolute Gasteiger partial charge is 0.193 e. The Morgan fingerprint density at radius 1 is 0.522 bits per heavy atom. The molecule has 0 aliphatic carbocycles. The Morgan fingerprint density at radius 2 is 0.978 bits per heavy atom. The van der Waals surface area contributed by atoms with Crippen molar-refractivity contribution in [1.29, 1.82) is 0 Å². The topological polar surface area (TPSA) is 74.1 Å².